The van der Waals surface area contributed by atoms with Crippen LogP contribution in [0.5, 0.6) is 0 Å². The van der Waals surface area contributed by atoms with E-state index in [2.05, 4.69) is 5.32 Å². The summed E-state index contributed by atoms with van der Waals surface area (Å²) in [6.45, 7) is 0.162. The number of piperidine rings is 1. The Labute approximate surface area is 172 Å². The fraction of sp³-hybridized carbons (Fsp3) is 0.273. The molecule has 2 aromatic rings. The molecule has 1 fully saturated rings. The van der Waals surface area contributed by atoms with Crippen molar-refractivity contribution in [1.82, 2.24) is 10.2 Å². The lowest BCUT2D eigenvalue weighted by Crippen LogP contribution is -2.41. The monoisotopic (exact) mass is 412 g/mol. The minimum Gasteiger partial charge on any atom is -0.455 e. The summed E-state index contributed by atoms with van der Waals surface area (Å²) >= 11 is 0. The average molecular weight is 412 g/mol. The van der Waals surface area contributed by atoms with Crippen molar-refractivity contribution in [3.05, 3.63) is 71.5 Å². The van der Waals surface area contributed by atoms with Crippen molar-refractivity contribution in [2.24, 2.45) is 5.92 Å². The van der Waals surface area contributed by atoms with Crippen molar-refractivity contribution in [2.45, 2.75) is 12.8 Å². The molecular weight excluding hydrogens is 391 g/mol. The molecule has 1 aliphatic rings. The topological polar surface area (TPSA) is 92.8 Å². The molecule has 0 saturated carbocycles. The molecule has 0 aliphatic carbocycles. The fourth-order valence-corrected chi connectivity index (χ4v) is 3.17. The zero-order valence-electron chi connectivity index (χ0n) is 16.2. The third-order valence-corrected chi connectivity index (χ3v) is 4.84. The van der Waals surface area contributed by atoms with Crippen LogP contribution in [0.2, 0.25) is 0 Å². The van der Waals surface area contributed by atoms with Gasteiger partial charge in [-0.3, -0.25) is 24.5 Å². The highest BCUT2D eigenvalue weighted by atomic mass is 19.1. The molecule has 0 spiro atoms. The Morgan fingerprint density at radius 3 is 2.20 bits per heavy atom. The number of rotatable bonds is 5. The van der Waals surface area contributed by atoms with Gasteiger partial charge in [0.1, 0.15) is 5.82 Å². The predicted molar refractivity (Wildman–Crippen MR) is 105 cm³/mol. The summed E-state index contributed by atoms with van der Waals surface area (Å²) in [5.41, 5.74) is 0.715. The minimum atomic E-state index is -0.707. The molecule has 0 unspecified atom stereocenters. The summed E-state index contributed by atoms with van der Waals surface area (Å²) in [6.07, 6.45) is 0.798. The quantitative estimate of drug-likeness (QED) is 0.760. The molecule has 8 heteroatoms. The second kappa shape index (κ2) is 9.78. The van der Waals surface area contributed by atoms with E-state index < -0.39 is 36.1 Å². The fourth-order valence-electron chi connectivity index (χ4n) is 3.17. The van der Waals surface area contributed by atoms with Crippen molar-refractivity contribution >= 4 is 23.7 Å². The lowest BCUT2D eigenvalue weighted by Gasteiger charge is -2.31. The molecule has 3 rings (SSSR count). The number of amides is 3. The Kier molecular flexibility index (Phi) is 6.90. The first-order valence-corrected chi connectivity index (χ1v) is 9.55. The maximum atomic E-state index is 13.0. The van der Waals surface area contributed by atoms with E-state index in [1.54, 1.807) is 35.2 Å². The van der Waals surface area contributed by atoms with Gasteiger partial charge in [-0.1, -0.05) is 18.2 Å². The Hall–Kier alpha value is -3.55. The largest absolute Gasteiger partial charge is 0.455 e. The van der Waals surface area contributed by atoms with E-state index in [4.69, 9.17) is 4.74 Å². The van der Waals surface area contributed by atoms with Crippen molar-refractivity contribution in [1.29, 1.82) is 0 Å². The van der Waals surface area contributed by atoms with Crippen LogP contribution in [0.25, 0.3) is 0 Å². The van der Waals surface area contributed by atoms with Crippen molar-refractivity contribution < 1.29 is 28.3 Å². The normalized spacial score (nSPS) is 14.1. The van der Waals surface area contributed by atoms with Gasteiger partial charge in [0.2, 0.25) is 0 Å². The molecule has 1 heterocycles. The number of halogens is 1. The second-order valence-electron chi connectivity index (χ2n) is 6.92. The summed E-state index contributed by atoms with van der Waals surface area (Å²) < 4.78 is 18.0. The van der Waals surface area contributed by atoms with E-state index in [0.717, 1.165) is 0 Å². The maximum Gasteiger partial charge on any atom is 0.309 e. The Balaban J connectivity index is 1.42. The maximum absolute atomic E-state index is 13.0. The molecule has 7 nitrogen and oxygen atoms in total. The Bertz CT molecular complexity index is 922. The number of nitrogens with one attached hydrogen (secondary N) is 1. The van der Waals surface area contributed by atoms with E-state index in [1.165, 1.54) is 24.3 Å². The van der Waals surface area contributed by atoms with Crippen LogP contribution in [0.4, 0.5) is 4.39 Å². The van der Waals surface area contributed by atoms with Crippen LogP contribution in [0, 0.1) is 11.7 Å². The number of hydrogen-bond acceptors (Lipinski definition) is 5. The Morgan fingerprint density at radius 2 is 1.57 bits per heavy atom. The van der Waals surface area contributed by atoms with Gasteiger partial charge in [-0.2, -0.15) is 0 Å². The highest BCUT2D eigenvalue weighted by molar-refractivity contribution is 6.05. The number of imide groups is 1. The zero-order chi connectivity index (χ0) is 21.5. The molecule has 2 aromatic carbocycles. The van der Waals surface area contributed by atoms with E-state index in [0.29, 0.717) is 37.1 Å². The molecular formula is C22H21FN2O5. The van der Waals surface area contributed by atoms with E-state index in [9.17, 15) is 23.6 Å². The van der Waals surface area contributed by atoms with Gasteiger partial charge < -0.3 is 9.64 Å². The van der Waals surface area contributed by atoms with Gasteiger partial charge in [0.25, 0.3) is 17.7 Å². The van der Waals surface area contributed by atoms with Gasteiger partial charge in [-0.05, 0) is 49.2 Å². The molecule has 0 radical (unpaired) electrons. The smallest absolute Gasteiger partial charge is 0.309 e. The van der Waals surface area contributed by atoms with E-state index in [1.807, 2.05) is 0 Å². The number of hydrogen-bond donors (Lipinski definition) is 1. The van der Waals surface area contributed by atoms with Crippen LogP contribution in [0.1, 0.15) is 33.6 Å². The standard InChI is InChI=1S/C22H21FN2O5/c23-18-8-6-16(7-9-18)21(28)25-12-10-17(11-13-25)22(29)30-14-19(26)24-20(27)15-4-2-1-3-5-15/h1-9,17H,10-14H2,(H,24,26,27). The SMILES string of the molecule is O=C(COC(=O)C1CCN(C(=O)c2ccc(F)cc2)CC1)NC(=O)c1ccccc1. The van der Waals surface area contributed by atoms with E-state index in [-0.39, 0.29) is 5.91 Å². The first kappa shape index (κ1) is 21.2. The number of carbonyl (C=O) groups excluding carboxylic acids is 4. The first-order chi connectivity index (χ1) is 14.4. The number of nitrogens with zero attached hydrogens (tertiary/aromatic N) is 1. The number of carbonyl (C=O) groups is 4. The summed E-state index contributed by atoms with van der Waals surface area (Å²) in [7, 11) is 0. The van der Waals surface area contributed by atoms with Gasteiger partial charge in [-0.25, -0.2) is 4.39 Å². The zero-order valence-corrected chi connectivity index (χ0v) is 16.2. The summed E-state index contributed by atoms with van der Waals surface area (Å²) in [5.74, 6) is -2.88. The van der Waals surface area contributed by atoms with Gasteiger partial charge in [0.15, 0.2) is 6.61 Å². The third-order valence-electron chi connectivity index (χ3n) is 4.84. The van der Waals surface area contributed by atoms with Gasteiger partial charge in [0, 0.05) is 24.2 Å². The van der Waals surface area contributed by atoms with Crippen LogP contribution in [-0.4, -0.2) is 48.3 Å². The summed E-state index contributed by atoms with van der Waals surface area (Å²) in [6, 6.07) is 13.5. The lowest BCUT2D eigenvalue weighted by atomic mass is 9.96. The predicted octanol–water partition coefficient (Wildman–Crippen LogP) is 2.18. The molecule has 156 valence electrons. The highest BCUT2D eigenvalue weighted by Crippen LogP contribution is 2.20. The van der Waals surface area contributed by atoms with Crippen LogP contribution < -0.4 is 5.32 Å². The first-order valence-electron chi connectivity index (χ1n) is 9.55. The number of likely N-dealkylation sites (tertiary alicyclic amines) is 1. The van der Waals surface area contributed by atoms with Crippen molar-refractivity contribution in [3.63, 3.8) is 0 Å². The molecule has 3 amide bonds. The molecule has 30 heavy (non-hydrogen) atoms. The number of benzene rings is 2. The van der Waals surface area contributed by atoms with Gasteiger partial charge in [-0.15, -0.1) is 0 Å². The molecule has 1 N–H and O–H groups in total. The summed E-state index contributed by atoms with van der Waals surface area (Å²) in [4.78, 5) is 50.0. The van der Waals surface area contributed by atoms with Gasteiger partial charge >= 0.3 is 5.97 Å². The summed E-state index contributed by atoms with van der Waals surface area (Å²) in [5, 5.41) is 2.16. The molecule has 1 saturated heterocycles. The van der Waals surface area contributed by atoms with Crippen LogP contribution in [0.3, 0.4) is 0 Å². The van der Waals surface area contributed by atoms with Crippen molar-refractivity contribution in [3.8, 4) is 0 Å². The lowest BCUT2D eigenvalue weighted by molar-refractivity contribution is -0.153. The Morgan fingerprint density at radius 1 is 0.933 bits per heavy atom. The van der Waals surface area contributed by atoms with Gasteiger partial charge in [0.05, 0.1) is 5.92 Å². The molecule has 0 aromatic heterocycles. The average Bonchev–Trinajstić information content (AvgIpc) is 2.78. The van der Waals surface area contributed by atoms with Crippen LogP contribution in [-0.2, 0) is 14.3 Å². The van der Waals surface area contributed by atoms with Crippen LogP contribution >= 0.6 is 0 Å². The minimum absolute atomic E-state index is 0.222. The number of esters is 1. The van der Waals surface area contributed by atoms with Crippen LogP contribution in [0.15, 0.2) is 54.6 Å². The molecule has 0 atom stereocenters. The number of ether oxygens (including phenoxy) is 1. The van der Waals surface area contributed by atoms with E-state index >= 15 is 0 Å². The highest BCUT2D eigenvalue weighted by Gasteiger charge is 2.29. The van der Waals surface area contributed by atoms with Crippen molar-refractivity contribution in [2.75, 3.05) is 19.7 Å². The molecule has 0 bridgehead atoms. The third kappa shape index (κ3) is 5.50. The molecule has 1 aliphatic heterocycles. The second-order valence-corrected chi connectivity index (χ2v) is 6.92.